The molecule has 0 bridgehead atoms. The summed E-state index contributed by atoms with van der Waals surface area (Å²) in [5.74, 6) is -0.299. The second kappa shape index (κ2) is 7.62. The maximum atomic E-state index is 12.1. The van der Waals surface area contributed by atoms with Gasteiger partial charge in [0.15, 0.2) is 0 Å². The average Bonchev–Trinajstić information content (AvgIpc) is 2.91. The lowest BCUT2D eigenvalue weighted by molar-refractivity contribution is -0.143. The van der Waals surface area contributed by atoms with E-state index in [0.29, 0.717) is 6.04 Å². The third-order valence-electron chi connectivity index (χ3n) is 4.11. The van der Waals surface area contributed by atoms with Crippen LogP contribution in [0.5, 0.6) is 0 Å². The highest BCUT2D eigenvalue weighted by molar-refractivity contribution is 5.80. The van der Waals surface area contributed by atoms with Gasteiger partial charge in [0, 0.05) is 11.6 Å². The molecule has 0 aliphatic heterocycles. The molecule has 5 heteroatoms. The van der Waals surface area contributed by atoms with E-state index in [-0.39, 0.29) is 30.5 Å². The zero-order valence-electron chi connectivity index (χ0n) is 13.2. The molecule has 1 N–H and O–H groups in total. The zero-order chi connectivity index (χ0) is 15.2. The highest BCUT2D eigenvalue weighted by atomic mass is 16.5. The maximum Gasteiger partial charge on any atom is 0.319 e. The summed E-state index contributed by atoms with van der Waals surface area (Å²) in [6, 6.07) is 0.324. The molecule has 0 spiro atoms. The van der Waals surface area contributed by atoms with Crippen LogP contribution in [-0.4, -0.2) is 48.6 Å². The summed E-state index contributed by atoms with van der Waals surface area (Å²) in [5.41, 5.74) is -0.205. The van der Waals surface area contributed by atoms with Crippen LogP contribution in [0.2, 0.25) is 0 Å². The lowest BCUT2D eigenvalue weighted by Gasteiger charge is -2.30. The molecule has 0 atom stereocenters. The molecular weight excluding hydrogens is 256 g/mol. The van der Waals surface area contributed by atoms with Crippen molar-refractivity contribution >= 4 is 11.9 Å². The first-order chi connectivity index (χ1) is 9.38. The molecule has 1 saturated carbocycles. The van der Waals surface area contributed by atoms with Crippen molar-refractivity contribution in [2.45, 2.75) is 64.5 Å². The molecular formula is C15H28N2O3. The van der Waals surface area contributed by atoms with E-state index in [1.807, 2.05) is 25.7 Å². The van der Waals surface area contributed by atoms with Crippen molar-refractivity contribution in [3.8, 4) is 0 Å². The van der Waals surface area contributed by atoms with Crippen molar-refractivity contribution in [2.75, 3.05) is 20.2 Å². The molecule has 0 aromatic carbocycles. The van der Waals surface area contributed by atoms with Crippen LogP contribution in [0.15, 0.2) is 0 Å². The van der Waals surface area contributed by atoms with E-state index in [0.717, 1.165) is 19.3 Å². The fourth-order valence-electron chi connectivity index (χ4n) is 2.50. The number of hydrogen-bond acceptors (Lipinski definition) is 4. The van der Waals surface area contributed by atoms with E-state index in [1.165, 1.54) is 20.0 Å². The Balaban J connectivity index is 2.59. The Morgan fingerprint density at radius 2 is 1.85 bits per heavy atom. The monoisotopic (exact) mass is 284 g/mol. The molecule has 0 saturated heterocycles. The first-order valence-electron chi connectivity index (χ1n) is 7.50. The Labute approximate surface area is 122 Å². The number of carbonyl (C=O) groups is 2. The predicted octanol–water partition coefficient (Wildman–Crippen LogP) is 1.71. The van der Waals surface area contributed by atoms with E-state index >= 15 is 0 Å². The molecule has 1 aliphatic carbocycles. The number of carbonyl (C=O) groups excluding carboxylic acids is 2. The van der Waals surface area contributed by atoms with Crippen LogP contribution in [0, 0.1) is 0 Å². The van der Waals surface area contributed by atoms with Gasteiger partial charge in [-0.3, -0.25) is 14.5 Å². The standard InChI is InChI=1S/C15H28N2O3/c1-5-15(2,3)16-13(18)10-17(11-14(19)20-4)12-8-6-7-9-12/h12H,5-11H2,1-4H3,(H,16,18). The molecule has 5 nitrogen and oxygen atoms in total. The Kier molecular flexibility index (Phi) is 6.46. The highest BCUT2D eigenvalue weighted by Crippen LogP contribution is 2.23. The summed E-state index contributed by atoms with van der Waals surface area (Å²) in [6.07, 6.45) is 5.33. The number of nitrogens with one attached hydrogen (secondary N) is 1. The van der Waals surface area contributed by atoms with Crippen molar-refractivity contribution in [3.63, 3.8) is 0 Å². The SMILES string of the molecule is CCC(C)(C)NC(=O)CN(CC(=O)OC)C1CCCC1. The number of hydrogen-bond donors (Lipinski definition) is 1. The number of esters is 1. The van der Waals surface area contributed by atoms with Crippen LogP contribution in [0.1, 0.15) is 52.9 Å². The predicted molar refractivity (Wildman–Crippen MR) is 78.4 cm³/mol. The van der Waals surface area contributed by atoms with Gasteiger partial charge in [-0.1, -0.05) is 19.8 Å². The van der Waals surface area contributed by atoms with Crippen LogP contribution >= 0.6 is 0 Å². The molecule has 20 heavy (non-hydrogen) atoms. The van der Waals surface area contributed by atoms with Crippen LogP contribution in [-0.2, 0) is 14.3 Å². The van der Waals surface area contributed by atoms with Gasteiger partial charge in [-0.15, -0.1) is 0 Å². The Hall–Kier alpha value is -1.10. The summed E-state index contributed by atoms with van der Waals surface area (Å²) in [6.45, 7) is 6.52. The van der Waals surface area contributed by atoms with E-state index < -0.39 is 0 Å². The van der Waals surface area contributed by atoms with E-state index in [1.54, 1.807) is 0 Å². The number of methoxy groups -OCH3 is 1. The van der Waals surface area contributed by atoms with E-state index in [2.05, 4.69) is 5.32 Å². The number of amides is 1. The van der Waals surface area contributed by atoms with Gasteiger partial charge in [-0.25, -0.2) is 0 Å². The molecule has 0 aromatic rings. The summed E-state index contributed by atoms with van der Waals surface area (Å²) in [7, 11) is 1.38. The van der Waals surface area contributed by atoms with Crippen molar-refractivity contribution in [3.05, 3.63) is 0 Å². The largest absolute Gasteiger partial charge is 0.468 e. The van der Waals surface area contributed by atoms with Gasteiger partial charge < -0.3 is 10.1 Å². The molecule has 0 radical (unpaired) electrons. The average molecular weight is 284 g/mol. The fraction of sp³-hybridized carbons (Fsp3) is 0.867. The van der Waals surface area contributed by atoms with Gasteiger partial charge in [-0.2, -0.15) is 0 Å². The van der Waals surface area contributed by atoms with Crippen LogP contribution in [0.3, 0.4) is 0 Å². The molecule has 1 amide bonds. The van der Waals surface area contributed by atoms with Crippen LogP contribution < -0.4 is 5.32 Å². The Bertz CT molecular complexity index is 336. The fourth-order valence-corrected chi connectivity index (χ4v) is 2.50. The topological polar surface area (TPSA) is 58.6 Å². The van der Waals surface area contributed by atoms with Crippen LogP contribution in [0.25, 0.3) is 0 Å². The zero-order valence-corrected chi connectivity index (χ0v) is 13.2. The Morgan fingerprint density at radius 3 is 2.35 bits per heavy atom. The van der Waals surface area contributed by atoms with Crippen LogP contribution in [0.4, 0.5) is 0 Å². The van der Waals surface area contributed by atoms with Crippen molar-refractivity contribution in [1.29, 1.82) is 0 Å². The quantitative estimate of drug-likeness (QED) is 0.723. The molecule has 1 rings (SSSR count). The minimum absolute atomic E-state index is 0.0207. The van der Waals surface area contributed by atoms with Gasteiger partial charge in [0.2, 0.25) is 5.91 Å². The van der Waals surface area contributed by atoms with E-state index in [4.69, 9.17) is 4.74 Å². The third-order valence-corrected chi connectivity index (χ3v) is 4.11. The molecule has 1 aliphatic rings. The molecule has 0 aromatic heterocycles. The summed E-state index contributed by atoms with van der Waals surface area (Å²) < 4.78 is 4.73. The number of rotatable bonds is 7. The highest BCUT2D eigenvalue weighted by Gasteiger charge is 2.27. The van der Waals surface area contributed by atoms with Gasteiger partial charge in [0.05, 0.1) is 20.2 Å². The second-order valence-electron chi connectivity index (χ2n) is 6.21. The summed E-state index contributed by atoms with van der Waals surface area (Å²) >= 11 is 0. The Morgan fingerprint density at radius 1 is 1.25 bits per heavy atom. The van der Waals surface area contributed by atoms with Crippen molar-refractivity contribution in [1.82, 2.24) is 10.2 Å². The molecule has 116 valence electrons. The lowest BCUT2D eigenvalue weighted by atomic mass is 10.0. The third kappa shape index (κ3) is 5.49. The van der Waals surface area contributed by atoms with Gasteiger partial charge >= 0.3 is 5.97 Å². The van der Waals surface area contributed by atoms with Gasteiger partial charge in [-0.05, 0) is 33.1 Å². The van der Waals surface area contributed by atoms with E-state index in [9.17, 15) is 9.59 Å². The summed E-state index contributed by atoms with van der Waals surface area (Å²) in [4.78, 5) is 25.6. The molecule has 0 unspecified atom stereocenters. The minimum atomic E-state index is -0.278. The number of nitrogens with zero attached hydrogens (tertiary/aromatic N) is 1. The molecule has 0 heterocycles. The first-order valence-corrected chi connectivity index (χ1v) is 7.50. The molecule has 1 fully saturated rings. The minimum Gasteiger partial charge on any atom is -0.468 e. The normalized spacial score (nSPS) is 16.4. The first kappa shape index (κ1) is 17.0. The lowest BCUT2D eigenvalue weighted by Crippen LogP contribution is -2.50. The van der Waals surface area contributed by atoms with Crippen molar-refractivity contribution < 1.29 is 14.3 Å². The second-order valence-corrected chi connectivity index (χ2v) is 6.21. The van der Waals surface area contributed by atoms with Crippen molar-refractivity contribution in [2.24, 2.45) is 0 Å². The number of ether oxygens (including phenoxy) is 1. The van der Waals surface area contributed by atoms with Gasteiger partial charge in [0.1, 0.15) is 0 Å². The summed E-state index contributed by atoms with van der Waals surface area (Å²) in [5, 5.41) is 3.02. The smallest absolute Gasteiger partial charge is 0.319 e. The van der Waals surface area contributed by atoms with Gasteiger partial charge in [0.25, 0.3) is 0 Å². The maximum absolute atomic E-state index is 12.1.